The van der Waals surface area contributed by atoms with Crippen molar-refractivity contribution in [3.63, 3.8) is 0 Å². The average Bonchev–Trinajstić information content (AvgIpc) is 3.31. The molecule has 4 rings (SSSR count). The summed E-state index contributed by atoms with van der Waals surface area (Å²) < 4.78 is 1.19. The zero-order chi connectivity index (χ0) is 18.8. The number of aromatic nitrogens is 4. The largest absolute Gasteiger partial charge is 0.304 e. The van der Waals surface area contributed by atoms with Gasteiger partial charge in [-0.3, -0.25) is 14.7 Å². The molecule has 0 spiro atoms. The molecule has 0 radical (unpaired) electrons. The van der Waals surface area contributed by atoms with Crippen molar-refractivity contribution in [2.24, 2.45) is 0 Å². The van der Waals surface area contributed by atoms with Crippen LogP contribution in [0.25, 0.3) is 16.3 Å². The van der Waals surface area contributed by atoms with Gasteiger partial charge in [0.2, 0.25) is 0 Å². The fraction of sp³-hybridized carbons (Fsp3) is 0.0526. The lowest BCUT2D eigenvalue weighted by atomic mass is 10.3. The molecule has 7 nitrogen and oxygen atoms in total. The van der Waals surface area contributed by atoms with Crippen LogP contribution >= 0.6 is 11.3 Å². The summed E-state index contributed by atoms with van der Waals surface area (Å²) in [5.41, 5.74) is 1.22. The number of hydrogen-bond donors (Lipinski definition) is 2. The summed E-state index contributed by atoms with van der Waals surface area (Å²) in [6.07, 6.45) is 0. The second-order valence-electron chi connectivity index (χ2n) is 5.84. The van der Waals surface area contributed by atoms with E-state index < -0.39 is 5.91 Å². The third-order valence-electron chi connectivity index (χ3n) is 3.86. The minimum atomic E-state index is -0.444. The highest BCUT2D eigenvalue weighted by molar-refractivity contribution is 7.15. The topological polar surface area (TPSA) is 92.7 Å². The van der Waals surface area contributed by atoms with Gasteiger partial charge < -0.3 is 5.32 Å². The van der Waals surface area contributed by atoms with E-state index >= 15 is 0 Å². The number of thiophene rings is 1. The Hall–Kier alpha value is -3.52. The number of amides is 1. The van der Waals surface area contributed by atoms with Gasteiger partial charge in [-0.05, 0) is 37.3 Å². The van der Waals surface area contributed by atoms with Gasteiger partial charge in [0.25, 0.3) is 11.5 Å². The predicted molar refractivity (Wildman–Crippen MR) is 104 cm³/mol. The number of carbonyl (C=O) groups is 1. The van der Waals surface area contributed by atoms with Crippen LogP contribution in [0.2, 0.25) is 0 Å². The van der Waals surface area contributed by atoms with E-state index in [2.05, 4.69) is 20.6 Å². The van der Waals surface area contributed by atoms with Gasteiger partial charge in [-0.25, -0.2) is 0 Å². The summed E-state index contributed by atoms with van der Waals surface area (Å²) in [5, 5.41) is 13.9. The minimum absolute atomic E-state index is 0.120. The number of H-pyrrole nitrogens is 1. The van der Waals surface area contributed by atoms with Gasteiger partial charge in [0, 0.05) is 17.0 Å². The number of aromatic amines is 1. The summed E-state index contributed by atoms with van der Waals surface area (Å²) in [5.74, 6) is -0.0552. The first-order valence-electron chi connectivity index (χ1n) is 8.19. The first-order valence-corrected chi connectivity index (χ1v) is 9.01. The monoisotopic (exact) mass is 377 g/mol. The Labute approximate surface area is 158 Å². The Morgan fingerprint density at radius 2 is 1.93 bits per heavy atom. The standard InChI is InChI=1S/C19H15N5O2S/c1-12-7-9-16(27-12)15-11-17(22-21-15)20-19(26)14-8-10-18(25)24(23-14)13-5-3-2-4-6-13/h2-11H,1H3,(H2,20,21,22,26). The van der Waals surface area contributed by atoms with Gasteiger partial charge in [-0.15, -0.1) is 11.3 Å². The summed E-state index contributed by atoms with van der Waals surface area (Å²) in [7, 11) is 0. The Kier molecular flexibility index (Phi) is 4.39. The second kappa shape index (κ2) is 7.00. The molecular weight excluding hydrogens is 362 g/mol. The lowest BCUT2D eigenvalue weighted by Gasteiger charge is -2.06. The molecule has 27 heavy (non-hydrogen) atoms. The van der Waals surface area contributed by atoms with E-state index in [1.54, 1.807) is 41.7 Å². The maximum atomic E-state index is 12.5. The van der Waals surface area contributed by atoms with Crippen LogP contribution in [0.1, 0.15) is 15.4 Å². The number of nitrogens with one attached hydrogen (secondary N) is 2. The van der Waals surface area contributed by atoms with Crippen LogP contribution in [0.5, 0.6) is 0 Å². The van der Waals surface area contributed by atoms with Crippen molar-refractivity contribution in [1.29, 1.82) is 0 Å². The summed E-state index contributed by atoms with van der Waals surface area (Å²) in [6, 6.07) is 17.4. The number of para-hydroxylation sites is 1. The lowest BCUT2D eigenvalue weighted by molar-refractivity contribution is 0.102. The average molecular weight is 377 g/mol. The molecule has 0 bridgehead atoms. The number of carbonyl (C=O) groups excluding carboxylic acids is 1. The van der Waals surface area contributed by atoms with E-state index in [0.29, 0.717) is 11.5 Å². The molecule has 0 saturated heterocycles. The van der Waals surface area contributed by atoms with E-state index in [-0.39, 0.29) is 11.3 Å². The van der Waals surface area contributed by atoms with E-state index in [0.717, 1.165) is 10.6 Å². The molecule has 4 aromatic rings. The van der Waals surface area contributed by atoms with Crippen LogP contribution in [0.3, 0.4) is 0 Å². The first kappa shape index (κ1) is 16.9. The molecule has 3 heterocycles. The van der Waals surface area contributed by atoms with Crippen LogP contribution in [-0.2, 0) is 0 Å². The van der Waals surface area contributed by atoms with Crippen molar-refractivity contribution in [2.75, 3.05) is 5.32 Å². The van der Waals surface area contributed by atoms with Crippen LogP contribution in [-0.4, -0.2) is 25.9 Å². The third kappa shape index (κ3) is 3.56. The molecule has 3 aromatic heterocycles. The van der Waals surface area contributed by atoms with Gasteiger partial charge in [0.15, 0.2) is 5.82 Å². The maximum absolute atomic E-state index is 12.5. The molecule has 0 aliphatic carbocycles. The van der Waals surface area contributed by atoms with Gasteiger partial charge in [-0.1, -0.05) is 18.2 Å². The van der Waals surface area contributed by atoms with E-state index in [9.17, 15) is 9.59 Å². The number of anilines is 1. The van der Waals surface area contributed by atoms with Crippen LogP contribution in [0.15, 0.2) is 65.5 Å². The van der Waals surface area contributed by atoms with E-state index in [1.165, 1.54) is 21.7 Å². The van der Waals surface area contributed by atoms with Gasteiger partial charge >= 0.3 is 0 Å². The maximum Gasteiger partial charge on any atom is 0.277 e. The Morgan fingerprint density at radius 1 is 1.11 bits per heavy atom. The molecule has 8 heteroatoms. The van der Waals surface area contributed by atoms with Crippen molar-refractivity contribution >= 4 is 23.1 Å². The molecule has 0 fully saturated rings. The molecule has 0 atom stereocenters. The van der Waals surface area contributed by atoms with Crippen molar-refractivity contribution in [3.05, 3.63) is 81.6 Å². The fourth-order valence-corrected chi connectivity index (χ4v) is 3.39. The van der Waals surface area contributed by atoms with Crippen LogP contribution in [0.4, 0.5) is 5.82 Å². The summed E-state index contributed by atoms with van der Waals surface area (Å²) >= 11 is 1.64. The highest BCUT2D eigenvalue weighted by Crippen LogP contribution is 2.27. The third-order valence-corrected chi connectivity index (χ3v) is 4.89. The number of nitrogens with zero attached hydrogens (tertiary/aromatic N) is 3. The van der Waals surface area contributed by atoms with Gasteiger partial charge in [-0.2, -0.15) is 14.9 Å². The zero-order valence-corrected chi connectivity index (χ0v) is 15.2. The first-order chi connectivity index (χ1) is 13.1. The van der Waals surface area contributed by atoms with Crippen LogP contribution in [0, 0.1) is 6.92 Å². The molecule has 0 aliphatic heterocycles. The second-order valence-corrected chi connectivity index (χ2v) is 7.12. The number of benzene rings is 1. The highest BCUT2D eigenvalue weighted by atomic mass is 32.1. The molecule has 2 N–H and O–H groups in total. The normalized spacial score (nSPS) is 10.7. The molecule has 1 amide bonds. The zero-order valence-electron chi connectivity index (χ0n) is 14.3. The van der Waals surface area contributed by atoms with Crippen LogP contribution < -0.4 is 10.9 Å². The molecule has 1 aromatic carbocycles. The number of aryl methyl sites for hydroxylation is 1. The van der Waals surface area contributed by atoms with Gasteiger partial charge in [0.1, 0.15) is 5.69 Å². The lowest BCUT2D eigenvalue weighted by Crippen LogP contribution is -2.24. The van der Waals surface area contributed by atoms with E-state index in [1.807, 2.05) is 25.1 Å². The predicted octanol–water partition coefficient (Wildman–Crippen LogP) is 3.24. The Balaban J connectivity index is 1.57. The Bertz CT molecular complexity index is 1160. The van der Waals surface area contributed by atoms with Crippen molar-refractivity contribution < 1.29 is 4.79 Å². The Morgan fingerprint density at radius 3 is 2.67 bits per heavy atom. The molecular formula is C19H15N5O2S. The molecule has 0 aliphatic rings. The molecule has 0 saturated carbocycles. The van der Waals surface area contributed by atoms with Crippen molar-refractivity contribution in [2.45, 2.75) is 6.92 Å². The van der Waals surface area contributed by atoms with Crippen molar-refractivity contribution in [1.82, 2.24) is 20.0 Å². The smallest absolute Gasteiger partial charge is 0.277 e. The fourth-order valence-electron chi connectivity index (χ4n) is 2.56. The summed E-state index contributed by atoms with van der Waals surface area (Å²) in [6.45, 7) is 2.03. The van der Waals surface area contributed by atoms with E-state index in [4.69, 9.17) is 0 Å². The molecule has 134 valence electrons. The SMILES string of the molecule is Cc1ccc(-c2cc(NC(=O)c3ccc(=O)n(-c4ccccc4)n3)n[nH]2)s1. The van der Waals surface area contributed by atoms with Gasteiger partial charge in [0.05, 0.1) is 16.3 Å². The minimum Gasteiger partial charge on any atom is -0.304 e. The summed E-state index contributed by atoms with van der Waals surface area (Å²) in [4.78, 5) is 26.8. The molecule has 0 unspecified atom stereocenters. The number of rotatable bonds is 4. The quantitative estimate of drug-likeness (QED) is 0.571. The number of hydrogen-bond acceptors (Lipinski definition) is 5. The highest BCUT2D eigenvalue weighted by Gasteiger charge is 2.13. The van der Waals surface area contributed by atoms with Crippen molar-refractivity contribution in [3.8, 4) is 16.3 Å².